The van der Waals surface area contributed by atoms with Gasteiger partial charge in [-0.3, -0.25) is 0 Å². The number of rotatable bonds is 2. The van der Waals surface area contributed by atoms with Gasteiger partial charge in [-0.25, -0.2) is 0 Å². The van der Waals surface area contributed by atoms with Gasteiger partial charge in [0.15, 0.2) is 0 Å². The Kier molecular flexibility index (Phi) is 2.55. The van der Waals surface area contributed by atoms with Gasteiger partial charge in [-0.2, -0.15) is 0 Å². The van der Waals surface area contributed by atoms with Gasteiger partial charge in [0.25, 0.3) is 0 Å². The first-order valence-corrected chi connectivity index (χ1v) is 5.85. The average molecular weight is 271 g/mol. The van der Waals surface area contributed by atoms with E-state index < -0.39 is 5.60 Å². The topological polar surface area (TPSA) is 29.5 Å². The molecular formula is C12H15BrO2. The molecule has 1 aliphatic rings. The van der Waals surface area contributed by atoms with Crippen molar-refractivity contribution in [3.8, 4) is 5.75 Å². The summed E-state index contributed by atoms with van der Waals surface area (Å²) >= 11 is 3.53. The largest absolute Gasteiger partial charge is 0.495 e. The molecular weight excluding hydrogens is 256 g/mol. The highest BCUT2D eigenvalue weighted by Gasteiger charge is 2.43. The first-order chi connectivity index (χ1) is 6.99. The second kappa shape index (κ2) is 3.49. The zero-order valence-corrected chi connectivity index (χ0v) is 10.8. The predicted octanol–water partition coefficient (Wildman–Crippen LogP) is 3.06. The van der Waals surface area contributed by atoms with Crippen molar-refractivity contribution in [2.75, 3.05) is 7.11 Å². The molecule has 1 fully saturated rings. The Morgan fingerprint density at radius 2 is 2.00 bits per heavy atom. The minimum atomic E-state index is -0.580. The van der Waals surface area contributed by atoms with E-state index in [2.05, 4.69) is 15.9 Å². The minimum absolute atomic E-state index is 0.580. The van der Waals surface area contributed by atoms with Crippen LogP contribution in [0.5, 0.6) is 5.75 Å². The van der Waals surface area contributed by atoms with Crippen molar-refractivity contribution in [2.45, 2.75) is 32.3 Å². The lowest BCUT2D eigenvalue weighted by Gasteiger charge is -2.17. The van der Waals surface area contributed by atoms with Crippen LogP contribution in [0.15, 0.2) is 10.5 Å². The van der Waals surface area contributed by atoms with Gasteiger partial charge in [-0.1, -0.05) is 0 Å². The molecule has 1 aromatic carbocycles. The molecule has 1 N–H and O–H groups in total. The maximum absolute atomic E-state index is 10.1. The summed E-state index contributed by atoms with van der Waals surface area (Å²) in [4.78, 5) is 0. The van der Waals surface area contributed by atoms with Gasteiger partial charge in [0.05, 0.1) is 17.2 Å². The van der Waals surface area contributed by atoms with E-state index in [1.165, 1.54) is 0 Å². The Hall–Kier alpha value is -0.540. The van der Waals surface area contributed by atoms with Crippen molar-refractivity contribution in [3.63, 3.8) is 0 Å². The van der Waals surface area contributed by atoms with Crippen molar-refractivity contribution < 1.29 is 9.84 Å². The molecule has 0 radical (unpaired) electrons. The third-order valence-electron chi connectivity index (χ3n) is 3.08. The molecule has 0 aromatic heterocycles. The molecule has 0 saturated heterocycles. The quantitative estimate of drug-likeness (QED) is 0.895. The third kappa shape index (κ3) is 1.68. The van der Waals surface area contributed by atoms with Crippen molar-refractivity contribution in [2.24, 2.45) is 0 Å². The zero-order valence-electron chi connectivity index (χ0n) is 9.22. The van der Waals surface area contributed by atoms with Crippen LogP contribution in [0.25, 0.3) is 0 Å². The smallest absolute Gasteiger partial charge is 0.136 e. The molecule has 0 spiro atoms. The third-order valence-corrected chi connectivity index (χ3v) is 4.04. The van der Waals surface area contributed by atoms with Crippen LogP contribution in [-0.4, -0.2) is 12.2 Å². The summed E-state index contributed by atoms with van der Waals surface area (Å²) in [5, 5.41) is 10.1. The number of aryl methyl sites for hydroxylation is 1. The molecule has 2 rings (SSSR count). The summed E-state index contributed by atoms with van der Waals surface area (Å²) in [7, 11) is 1.66. The van der Waals surface area contributed by atoms with Crippen LogP contribution in [0.1, 0.15) is 29.5 Å². The Balaban J connectivity index is 2.59. The Labute approximate surface area is 98.4 Å². The maximum atomic E-state index is 10.1. The fourth-order valence-corrected chi connectivity index (χ4v) is 2.66. The SMILES string of the molecule is COc1c(C)cc(C2(O)CC2)c(C)c1Br. The van der Waals surface area contributed by atoms with Crippen LogP contribution in [0.4, 0.5) is 0 Å². The van der Waals surface area contributed by atoms with Crippen molar-refractivity contribution in [3.05, 3.63) is 27.2 Å². The first-order valence-electron chi connectivity index (χ1n) is 5.06. The molecule has 3 heteroatoms. The standard InChI is InChI=1S/C12H15BrO2/c1-7-6-9(12(14)4-5-12)8(2)10(13)11(7)15-3/h6,14H,4-5H2,1-3H3. The molecule has 0 unspecified atom stereocenters. The molecule has 0 atom stereocenters. The van der Waals surface area contributed by atoms with Gasteiger partial charge in [0.1, 0.15) is 5.75 Å². The van der Waals surface area contributed by atoms with E-state index in [9.17, 15) is 5.11 Å². The van der Waals surface area contributed by atoms with Gasteiger partial charge in [-0.05, 0) is 65.4 Å². The van der Waals surface area contributed by atoms with E-state index in [1.54, 1.807) is 7.11 Å². The molecule has 0 bridgehead atoms. The van der Waals surface area contributed by atoms with Gasteiger partial charge >= 0.3 is 0 Å². The first kappa shape index (κ1) is 11.0. The Bertz CT molecular complexity index is 409. The van der Waals surface area contributed by atoms with E-state index >= 15 is 0 Å². The van der Waals surface area contributed by atoms with Crippen LogP contribution in [0.2, 0.25) is 0 Å². The predicted molar refractivity (Wildman–Crippen MR) is 63.3 cm³/mol. The van der Waals surface area contributed by atoms with E-state index in [0.29, 0.717) is 0 Å². The highest BCUT2D eigenvalue weighted by atomic mass is 79.9. The molecule has 15 heavy (non-hydrogen) atoms. The summed E-state index contributed by atoms with van der Waals surface area (Å²) in [5.41, 5.74) is 2.60. The van der Waals surface area contributed by atoms with Crippen LogP contribution in [-0.2, 0) is 5.60 Å². The van der Waals surface area contributed by atoms with Crippen molar-refractivity contribution in [1.29, 1.82) is 0 Å². The zero-order chi connectivity index (χ0) is 11.2. The van der Waals surface area contributed by atoms with Crippen LogP contribution >= 0.6 is 15.9 Å². The Morgan fingerprint density at radius 1 is 1.40 bits per heavy atom. The molecule has 1 aliphatic carbocycles. The molecule has 2 nitrogen and oxygen atoms in total. The van der Waals surface area contributed by atoms with Crippen molar-refractivity contribution >= 4 is 15.9 Å². The number of ether oxygens (including phenoxy) is 1. The number of aliphatic hydroxyl groups is 1. The molecule has 82 valence electrons. The highest BCUT2D eigenvalue weighted by Crippen LogP contribution is 2.49. The lowest BCUT2D eigenvalue weighted by atomic mass is 9.98. The highest BCUT2D eigenvalue weighted by molar-refractivity contribution is 9.10. The van der Waals surface area contributed by atoms with E-state index in [1.807, 2.05) is 19.9 Å². The lowest BCUT2D eigenvalue weighted by molar-refractivity contribution is 0.150. The van der Waals surface area contributed by atoms with Gasteiger partial charge in [0, 0.05) is 0 Å². The Morgan fingerprint density at radius 3 is 2.47 bits per heavy atom. The summed E-state index contributed by atoms with van der Waals surface area (Å²) < 4.78 is 6.27. The molecule has 0 amide bonds. The fraction of sp³-hybridized carbons (Fsp3) is 0.500. The van der Waals surface area contributed by atoms with Crippen LogP contribution in [0.3, 0.4) is 0 Å². The molecule has 1 aromatic rings. The number of methoxy groups -OCH3 is 1. The normalized spacial score (nSPS) is 17.7. The lowest BCUT2D eigenvalue weighted by Crippen LogP contribution is -2.08. The second-order valence-corrected chi connectivity index (χ2v) is 5.04. The summed E-state index contributed by atoms with van der Waals surface area (Å²) in [6.45, 7) is 4.01. The number of hydrogen-bond donors (Lipinski definition) is 1. The summed E-state index contributed by atoms with van der Waals surface area (Å²) in [6, 6.07) is 2.03. The second-order valence-electron chi connectivity index (χ2n) is 4.24. The summed E-state index contributed by atoms with van der Waals surface area (Å²) in [5.74, 6) is 0.862. The van der Waals surface area contributed by atoms with Crippen LogP contribution in [0, 0.1) is 13.8 Å². The molecule has 1 saturated carbocycles. The van der Waals surface area contributed by atoms with E-state index in [4.69, 9.17) is 4.74 Å². The maximum Gasteiger partial charge on any atom is 0.136 e. The van der Waals surface area contributed by atoms with Gasteiger partial charge < -0.3 is 9.84 Å². The molecule has 0 aliphatic heterocycles. The fourth-order valence-electron chi connectivity index (χ4n) is 1.97. The van der Waals surface area contributed by atoms with E-state index in [0.717, 1.165) is 39.8 Å². The van der Waals surface area contributed by atoms with Crippen molar-refractivity contribution in [1.82, 2.24) is 0 Å². The molecule has 0 heterocycles. The summed E-state index contributed by atoms with van der Waals surface area (Å²) in [6.07, 6.45) is 1.73. The average Bonchev–Trinajstić information content (AvgIpc) is 2.92. The minimum Gasteiger partial charge on any atom is -0.495 e. The monoisotopic (exact) mass is 270 g/mol. The van der Waals surface area contributed by atoms with Gasteiger partial charge in [-0.15, -0.1) is 0 Å². The van der Waals surface area contributed by atoms with Crippen LogP contribution < -0.4 is 4.74 Å². The number of benzene rings is 1. The van der Waals surface area contributed by atoms with Gasteiger partial charge in [0.2, 0.25) is 0 Å². The van der Waals surface area contributed by atoms with E-state index in [-0.39, 0.29) is 0 Å². The number of halogens is 1. The number of hydrogen-bond acceptors (Lipinski definition) is 2.